The lowest BCUT2D eigenvalue weighted by molar-refractivity contribution is 0.103. The molecular weight excluding hydrogens is 366 g/mol. The van der Waals surface area contributed by atoms with E-state index in [1.807, 2.05) is 55.5 Å². The largest absolute Gasteiger partial charge is 0.321 e. The maximum absolute atomic E-state index is 12.7. The van der Waals surface area contributed by atoms with E-state index in [9.17, 15) is 4.79 Å². The number of thiazole rings is 1. The Bertz CT molecular complexity index is 1120. The molecule has 2 aromatic carbocycles. The molecule has 2 aromatic heterocycles. The van der Waals surface area contributed by atoms with Crippen molar-refractivity contribution in [2.75, 3.05) is 5.32 Å². The molecule has 4 aromatic rings. The lowest BCUT2D eigenvalue weighted by atomic mass is 10.1. The number of carbonyl (C=O) groups excluding carboxylic acids is 1. The van der Waals surface area contributed by atoms with Crippen molar-refractivity contribution in [1.82, 2.24) is 9.97 Å². The minimum Gasteiger partial charge on any atom is -0.321 e. The molecule has 0 spiro atoms. The van der Waals surface area contributed by atoms with Crippen LogP contribution >= 0.6 is 22.9 Å². The van der Waals surface area contributed by atoms with Crippen LogP contribution < -0.4 is 5.32 Å². The van der Waals surface area contributed by atoms with Gasteiger partial charge in [0.1, 0.15) is 9.88 Å². The number of nitrogens with one attached hydrogen (secondary N) is 1. The van der Waals surface area contributed by atoms with Gasteiger partial charge in [0.25, 0.3) is 5.91 Å². The Morgan fingerprint density at radius 2 is 1.92 bits per heavy atom. The maximum Gasteiger partial charge on any atom is 0.267 e. The second-order valence-electron chi connectivity index (χ2n) is 5.79. The molecule has 0 radical (unpaired) electrons. The Hall–Kier alpha value is -2.76. The number of hydrogen-bond acceptors (Lipinski definition) is 4. The molecule has 0 atom stereocenters. The number of fused-ring (bicyclic) bond motifs is 1. The number of benzene rings is 2. The number of hydrogen-bond donors (Lipinski definition) is 1. The standard InChI is InChI=1S/C20H14ClN3OS/c1-12-8-9-16(14-6-4-10-22-18(12)14)24-19(25)17-11-23-20(26-17)13-5-2-3-7-15(13)21/h2-11H,1H3,(H,24,25). The Morgan fingerprint density at radius 1 is 1.08 bits per heavy atom. The quantitative estimate of drug-likeness (QED) is 0.506. The van der Waals surface area contributed by atoms with E-state index in [2.05, 4.69) is 15.3 Å². The molecule has 0 aliphatic carbocycles. The van der Waals surface area contributed by atoms with Gasteiger partial charge in [-0.3, -0.25) is 9.78 Å². The van der Waals surface area contributed by atoms with Gasteiger partial charge in [-0.15, -0.1) is 11.3 Å². The highest BCUT2D eigenvalue weighted by Gasteiger charge is 2.15. The van der Waals surface area contributed by atoms with Gasteiger partial charge in [0.05, 0.1) is 22.4 Å². The monoisotopic (exact) mass is 379 g/mol. The fourth-order valence-electron chi connectivity index (χ4n) is 2.75. The van der Waals surface area contributed by atoms with Crippen LogP contribution in [0.15, 0.2) is 60.9 Å². The van der Waals surface area contributed by atoms with Gasteiger partial charge in [-0.05, 0) is 36.8 Å². The first kappa shape index (κ1) is 16.7. The van der Waals surface area contributed by atoms with Gasteiger partial charge in [-0.25, -0.2) is 4.98 Å². The smallest absolute Gasteiger partial charge is 0.267 e. The number of amides is 1. The van der Waals surface area contributed by atoms with Crippen molar-refractivity contribution in [2.24, 2.45) is 0 Å². The molecule has 1 amide bonds. The minimum absolute atomic E-state index is 0.199. The summed E-state index contributed by atoms with van der Waals surface area (Å²) in [6.45, 7) is 2.00. The summed E-state index contributed by atoms with van der Waals surface area (Å²) < 4.78 is 0. The van der Waals surface area contributed by atoms with Crippen molar-refractivity contribution in [3.05, 3.63) is 76.4 Å². The second-order valence-corrected chi connectivity index (χ2v) is 7.23. The van der Waals surface area contributed by atoms with E-state index in [0.717, 1.165) is 32.7 Å². The third kappa shape index (κ3) is 3.07. The van der Waals surface area contributed by atoms with Crippen molar-refractivity contribution in [3.63, 3.8) is 0 Å². The first-order chi connectivity index (χ1) is 12.6. The molecule has 0 saturated carbocycles. The molecule has 6 heteroatoms. The van der Waals surface area contributed by atoms with Crippen LogP contribution in [0.25, 0.3) is 21.5 Å². The fraction of sp³-hybridized carbons (Fsp3) is 0.0500. The molecule has 4 nitrogen and oxygen atoms in total. The predicted octanol–water partition coefficient (Wildman–Crippen LogP) is 5.57. The molecule has 0 aliphatic rings. The lowest BCUT2D eigenvalue weighted by Gasteiger charge is -2.09. The number of halogens is 1. The van der Waals surface area contributed by atoms with Crippen molar-refractivity contribution >= 4 is 45.4 Å². The average Bonchev–Trinajstić information content (AvgIpc) is 3.15. The lowest BCUT2D eigenvalue weighted by Crippen LogP contribution is -2.10. The molecule has 0 saturated heterocycles. The van der Waals surface area contributed by atoms with E-state index >= 15 is 0 Å². The molecule has 0 unspecified atom stereocenters. The molecule has 0 fully saturated rings. The fourth-order valence-corrected chi connectivity index (χ4v) is 3.88. The number of rotatable bonds is 3. The van der Waals surface area contributed by atoms with E-state index in [-0.39, 0.29) is 5.91 Å². The van der Waals surface area contributed by atoms with Crippen molar-refractivity contribution < 1.29 is 4.79 Å². The number of pyridine rings is 1. The first-order valence-electron chi connectivity index (χ1n) is 8.00. The molecule has 128 valence electrons. The normalized spacial score (nSPS) is 10.8. The van der Waals surface area contributed by atoms with Gasteiger partial charge < -0.3 is 5.32 Å². The Morgan fingerprint density at radius 3 is 2.77 bits per heavy atom. The van der Waals surface area contributed by atoms with Crippen LogP contribution in [0.5, 0.6) is 0 Å². The van der Waals surface area contributed by atoms with E-state index in [0.29, 0.717) is 9.90 Å². The number of anilines is 1. The molecule has 1 N–H and O–H groups in total. The van der Waals surface area contributed by atoms with E-state index < -0.39 is 0 Å². The third-order valence-electron chi connectivity index (χ3n) is 4.05. The summed E-state index contributed by atoms with van der Waals surface area (Å²) >= 11 is 7.53. The highest BCUT2D eigenvalue weighted by molar-refractivity contribution is 7.17. The van der Waals surface area contributed by atoms with Crippen LogP contribution in [0.2, 0.25) is 5.02 Å². The predicted molar refractivity (Wildman–Crippen MR) is 107 cm³/mol. The zero-order valence-corrected chi connectivity index (χ0v) is 15.4. The molecule has 0 bridgehead atoms. The Balaban J connectivity index is 1.64. The van der Waals surface area contributed by atoms with Crippen LogP contribution in [0.3, 0.4) is 0 Å². The Kier molecular flexibility index (Phi) is 4.41. The van der Waals surface area contributed by atoms with Gasteiger partial charge in [-0.1, -0.05) is 35.9 Å². The number of aryl methyl sites for hydroxylation is 1. The van der Waals surface area contributed by atoms with Crippen molar-refractivity contribution in [2.45, 2.75) is 6.92 Å². The molecule has 4 rings (SSSR count). The molecular formula is C20H14ClN3OS. The van der Waals surface area contributed by atoms with Crippen LogP contribution in [0, 0.1) is 6.92 Å². The van der Waals surface area contributed by atoms with Crippen LogP contribution in [-0.2, 0) is 0 Å². The maximum atomic E-state index is 12.7. The first-order valence-corrected chi connectivity index (χ1v) is 9.19. The van der Waals surface area contributed by atoms with Crippen molar-refractivity contribution in [1.29, 1.82) is 0 Å². The molecule has 0 aliphatic heterocycles. The van der Waals surface area contributed by atoms with Gasteiger partial charge in [0.15, 0.2) is 0 Å². The summed E-state index contributed by atoms with van der Waals surface area (Å²) in [7, 11) is 0. The average molecular weight is 380 g/mol. The highest BCUT2D eigenvalue weighted by Crippen LogP contribution is 2.32. The van der Waals surface area contributed by atoms with Crippen LogP contribution in [0.1, 0.15) is 15.2 Å². The van der Waals surface area contributed by atoms with Gasteiger partial charge in [-0.2, -0.15) is 0 Å². The minimum atomic E-state index is -0.199. The van der Waals surface area contributed by atoms with Crippen molar-refractivity contribution in [3.8, 4) is 10.6 Å². The van der Waals surface area contributed by atoms with E-state index in [1.54, 1.807) is 12.4 Å². The summed E-state index contributed by atoms with van der Waals surface area (Å²) in [5.74, 6) is -0.199. The van der Waals surface area contributed by atoms with E-state index in [4.69, 9.17) is 11.6 Å². The molecule has 2 heterocycles. The number of nitrogens with zero attached hydrogens (tertiary/aromatic N) is 2. The van der Waals surface area contributed by atoms with Crippen LogP contribution in [-0.4, -0.2) is 15.9 Å². The summed E-state index contributed by atoms with van der Waals surface area (Å²) in [6, 6.07) is 15.1. The van der Waals surface area contributed by atoms with Gasteiger partial charge in [0.2, 0.25) is 0 Å². The summed E-state index contributed by atoms with van der Waals surface area (Å²) in [5.41, 5.74) is 3.50. The zero-order valence-electron chi connectivity index (χ0n) is 13.9. The topological polar surface area (TPSA) is 54.9 Å². The van der Waals surface area contributed by atoms with Crippen LogP contribution in [0.4, 0.5) is 5.69 Å². The SMILES string of the molecule is Cc1ccc(NC(=O)c2cnc(-c3ccccc3Cl)s2)c2cccnc12. The van der Waals surface area contributed by atoms with Gasteiger partial charge >= 0.3 is 0 Å². The summed E-state index contributed by atoms with van der Waals surface area (Å²) in [5, 5.41) is 5.21. The van der Waals surface area contributed by atoms with Gasteiger partial charge in [0, 0.05) is 17.1 Å². The second kappa shape index (κ2) is 6.86. The van der Waals surface area contributed by atoms with E-state index in [1.165, 1.54) is 11.3 Å². The summed E-state index contributed by atoms with van der Waals surface area (Å²) in [4.78, 5) is 22.0. The highest BCUT2D eigenvalue weighted by atomic mass is 35.5. The Labute approximate surface area is 159 Å². The number of aromatic nitrogens is 2. The third-order valence-corrected chi connectivity index (χ3v) is 5.41. The number of carbonyl (C=O) groups is 1. The zero-order chi connectivity index (χ0) is 18.1. The molecule has 26 heavy (non-hydrogen) atoms. The summed E-state index contributed by atoms with van der Waals surface area (Å²) in [6.07, 6.45) is 3.33.